The average Bonchev–Trinajstić information content (AvgIpc) is 2.05. The molecule has 0 amide bonds. The van der Waals surface area contributed by atoms with E-state index in [-0.39, 0.29) is 0 Å². The second kappa shape index (κ2) is 4.86. The highest BCUT2D eigenvalue weighted by Gasteiger charge is 2.25. The minimum Gasteiger partial charge on any atom is -0.314 e. The molecule has 0 bridgehead atoms. The van der Waals surface area contributed by atoms with E-state index in [1.165, 1.54) is 25.7 Å². The van der Waals surface area contributed by atoms with Crippen LogP contribution >= 0.6 is 0 Å². The number of rotatable bonds is 3. The van der Waals surface area contributed by atoms with Crippen LogP contribution in [0.1, 0.15) is 46.5 Å². The van der Waals surface area contributed by atoms with Crippen LogP contribution in [-0.2, 0) is 0 Å². The molecule has 1 N–H and O–H groups in total. The topological polar surface area (TPSA) is 12.0 Å². The van der Waals surface area contributed by atoms with Crippen LogP contribution in [-0.4, -0.2) is 12.6 Å². The van der Waals surface area contributed by atoms with Gasteiger partial charge in [-0.3, -0.25) is 0 Å². The normalized spacial score (nSPS) is 33.2. The van der Waals surface area contributed by atoms with E-state index in [1.807, 2.05) is 0 Å². The van der Waals surface area contributed by atoms with Gasteiger partial charge in [0.2, 0.25) is 0 Å². The van der Waals surface area contributed by atoms with Gasteiger partial charge >= 0.3 is 0 Å². The molecular weight excluding hydrogens is 146 g/mol. The predicted octanol–water partition coefficient (Wildman–Crippen LogP) is 2.81. The first-order valence-corrected chi connectivity index (χ1v) is 5.49. The highest BCUT2D eigenvalue weighted by molar-refractivity contribution is 4.79. The Kier molecular flexibility index (Phi) is 4.07. The van der Waals surface area contributed by atoms with Crippen molar-refractivity contribution >= 4 is 0 Å². The van der Waals surface area contributed by atoms with Gasteiger partial charge in [0, 0.05) is 6.04 Å². The largest absolute Gasteiger partial charge is 0.314 e. The van der Waals surface area contributed by atoms with Gasteiger partial charge in [-0.2, -0.15) is 0 Å². The maximum Gasteiger partial charge on any atom is 0.00694 e. The fourth-order valence-electron chi connectivity index (χ4n) is 2.56. The van der Waals surface area contributed by atoms with Gasteiger partial charge in [0.15, 0.2) is 0 Å². The average molecular weight is 169 g/mol. The number of nitrogens with one attached hydrogen (secondary N) is 1. The van der Waals surface area contributed by atoms with E-state index < -0.39 is 0 Å². The molecule has 3 atom stereocenters. The molecule has 1 aliphatic rings. The van der Waals surface area contributed by atoms with Crippen molar-refractivity contribution in [1.29, 1.82) is 0 Å². The third-order valence-electron chi connectivity index (χ3n) is 3.35. The van der Waals surface area contributed by atoms with E-state index in [0.29, 0.717) is 0 Å². The van der Waals surface area contributed by atoms with Crippen LogP contribution in [0.4, 0.5) is 0 Å². The molecule has 0 spiro atoms. The quantitative estimate of drug-likeness (QED) is 0.685. The smallest absolute Gasteiger partial charge is 0.00694 e. The van der Waals surface area contributed by atoms with Crippen molar-refractivity contribution in [2.45, 2.75) is 52.5 Å². The van der Waals surface area contributed by atoms with Crippen molar-refractivity contribution in [3.63, 3.8) is 0 Å². The van der Waals surface area contributed by atoms with E-state index in [0.717, 1.165) is 24.4 Å². The van der Waals surface area contributed by atoms with E-state index in [9.17, 15) is 0 Å². The molecule has 1 heteroatoms. The minimum atomic E-state index is 0.727. The summed E-state index contributed by atoms with van der Waals surface area (Å²) in [7, 11) is 0. The van der Waals surface area contributed by atoms with Crippen LogP contribution in [0, 0.1) is 11.8 Å². The summed E-state index contributed by atoms with van der Waals surface area (Å²) in [6.07, 6.45) is 5.79. The summed E-state index contributed by atoms with van der Waals surface area (Å²) < 4.78 is 0. The third-order valence-corrected chi connectivity index (χ3v) is 3.35. The maximum absolute atomic E-state index is 3.55. The summed E-state index contributed by atoms with van der Waals surface area (Å²) in [6.45, 7) is 8.07. The van der Waals surface area contributed by atoms with E-state index >= 15 is 0 Å². The molecule has 0 saturated heterocycles. The molecule has 3 unspecified atom stereocenters. The molecule has 72 valence electrons. The zero-order valence-corrected chi connectivity index (χ0v) is 8.77. The number of hydrogen-bond acceptors (Lipinski definition) is 1. The van der Waals surface area contributed by atoms with Gasteiger partial charge in [-0.15, -0.1) is 0 Å². The van der Waals surface area contributed by atoms with Crippen molar-refractivity contribution in [3.8, 4) is 0 Å². The Morgan fingerprint density at radius 3 is 2.58 bits per heavy atom. The second-order valence-corrected chi connectivity index (χ2v) is 4.27. The SMILES string of the molecule is CCNC(C)C1CCCCC1C. The van der Waals surface area contributed by atoms with Gasteiger partial charge in [-0.1, -0.05) is 33.1 Å². The monoisotopic (exact) mass is 169 g/mol. The highest BCUT2D eigenvalue weighted by atomic mass is 14.9. The first-order chi connectivity index (χ1) is 5.75. The molecule has 1 aliphatic carbocycles. The van der Waals surface area contributed by atoms with Gasteiger partial charge in [0.05, 0.1) is 0 Å². The molecule has 0 radical (unpaired) electrons. The van der Waals surface area contributed by atoms with Crippen molar-refractivity contribution in [2.75, 3.05) is 6.54 Å². The molecular formula is C11H23N. The summed E-state index contributed by atoms with van der Waals surface area (Å²) in [6, 6.07) is 0.727. The van der Waals surface area contributed by atoms with Crippen LogP contribution in [0.15, 0.2) is 0 Å². The van der Waals surface area contributed by atoms with Gasteiger partial charge in [0.25, 0.3) is 0 Å². The van der Waals surface area contributed by atoms with Gasteiger partial charge < -0.3 is 5.32 Å². The second-order valence-electron chi connectivity index (χ2n) is 4.27. The van der Waals surface area contributed by atoms with E-state index in [1.54, 1.807) is 0 Å². The molecule has 1 nitrogen and oxygen atoms in total. The van der Waals surface area contributed by atoms with E-state index in [2.05, 4.69) is 26.1 Å². The van der Waals surface area contributed by atoms with Crippen LogP contribution in [0.3, 0.4) is 0 Å². The lowest BCUT2D eigenvalue weighted by Gasteiger charge is -2.33. The Morgan fingerprint density at radius 2 is 2.00 bits per heavy atom. The molecule has 0 aromatic heterocycles. The first kappa shape index (κ1) is 10.0. The van der Waals surface area contributed by atoms with E-state index in [4.69, 9.17) is 0 Å². The minimum absolute atomic E-state index is 0.727. The summed E-state index contributed by atoms with van der Waals surface area (Å²) in [5.41, 5.74) is 0. The summed E-state index contributed by atoms with van der Waals surface area (Å²) in [5, 5.41) is 3.55. The molecule has 1 saturated carbocycles. The van der Waals surface area contributed by atoms with Crippen LogP contribution in [0.2, 0.25) is 0 Å². The Morgan fingerprint density at radius 1 is 1.33 bits per heavy atom. The molecule has 0 aromatic rings. The number of hydrogen-bond donors (Lipinski definition) is 1. The van der Waals surface area contributed by atoms with Crippen molar-refractivity contribution < 1.29 is 0 Å². The summed E-state index contributed by atoms with van der Waals surface area (Å²) in [4.78, 5) is 0. The van der Waals surface area contributed by atoms with Crippen molar-refractivity contribution in [2.24, 2.45) is 11.8 Å². The fraction of sp³-hybridized carbons (Fsp3) is 1.00. The van der Waals surface area contributed by atoms with Gasteiger partial charge in [-0.25, -0.2) is 0 Å². The molecule has 0 heterocycles. The first-order valence-electron chi connectivity index (χ1n) is 5.49. The molecule has 0 aromatic carbocycles. The zero-order valence-electron chi connectivity index (χ0n) is 8.77. The fourth-order valence-corrected chi connectivity index (χ4v) is 2.56. The lowest BCUT2D eigenvalue weighted by molar-refractivity contribution is 0.204. The van der Waals surface area contributed by atoms with Crippen molar-refractivity contribution in [3.05, 3.63) is 0 Å². The standard InChI is InChI=1S/C11H23N/c1-4-12-10(3)11-8-6-5-7-9(11)2/h9-12H,4-8H2,1-3H3. The highest BCUT2D eigenvalue weighted by Crippen LogP contribution is 2.31. The Hall–Kier alpha value is -0.0400. The predicted molar refractivity (Wildman–Crippen MR) is 54.3 cm³/mol. The molecule has 1 rings (SSSR count). The van der Waals surface area contributed by atoms with Crippen LogP contribution < -0.4 is 5.32 Å². The third kappa shape index (κ3) is 2.48. The maximum atomic E-state index is 3.55. The van der Waals surface area contributed by atoms with Gasteiger partial charge in [-0.05, 0) is 31.7 Å². The summed E-state index contributed by atoms with van der Waals surface area (Å²) >= 11 is 0. The Balaban J connectivity index is 2.36. The zero-order chi connectivity index (χ0) is 8.97. The lowest BCUT2D eigenvalue weighted by Crippen LogP contribution is -2.38. The Labute approximate surface area is 76.9 Å². The van der Waals surface area contributed by atoms with Crippen LogP contribution in [0.5, 0.6) is 0 Å². The van der Waals surface area contributed by atoms with Crippen LogP contribution in [0.25, 0.3) is 0 Å². The summed E-state index contributed by atoms with van der Waals surface area (Å²) in [5.74, 6) is 1.87. The van der Waals surface area contributed by atoms with Crippen molar-refractivity contribution in [1.82, 2.24) is 5.32 Å². The molecule has 0 aliphatic heterocycles. The molecule has 1 fully saturated rings. The molecule has 12 heavy (non-hydrogen) atoms. The Bertz CT molecular complexity index is 122. The van der Waals surface area contributed by atoms with Gasteiger partial charge in [0.1, 0.15) is 0 Å². The lowest BCUT2D eigenvalue weighted by atomic mass is 9.77.